The first kappa shape index (κ1) is 13.8. The lowest BCUT2D eigenvalue weighted by Gasteiger charge is -2.29. The Balaban J connectivity index is 4.24. The maximum Gasteiger partial charge on any atom is 0.339 e. The second-order valence-corrected chi connectivity index (χ2v) is 7.87. The van der Waals surface area contributed by atoms with Gasteiger partial charge in [-0.2, -0.15) is 0 Å². The molecule has 0 atom stereocenters. The van der Waals surface area contributed by atoms with Crippen molar-refractivity contribution in [1.29, 1.82) is 0 Å². The van der Waals surface area contributed by atoms with Gasteiger partial charge in [0.25, 0.3) is 0 Å². The molecule has 0 aromatic carbocycles. The molecule has 13 heavy (non-hydrogen) atoms. The van der Waals surface area contributed by atoms with Crippen LogP contribution < -0.4 is 0 Å². The Kier molecular flexibility index (Phi) is 7.63. The van der Waals surface area contributed by atoms with Crippen molar-refractivity contribution < 1.29 is 8.85 Å². The second kappa shape index (κ2) is 7.17. The Morgan fingerprint density at radius 3 is 1.85 bits per heavy atom. The maximum atomic E-state index is 5.71. The molecule has 0 rings (SSSR count). The summed E-state index contributed by atoms with van der Waals surface area (Å²) in [5.74, 6) is 0. The molecule has 0 saturated heterocycles. The number of hydrogen-bond donors (Lipinski definition) is 2. The maximum absolute atomic E-state index is 5.71. The monoisotopic (exact) mass is 240 g/mol. The van der Waals surface area contributed by atoms with Crippen molar-refractivity contribution >= 4 is 33.8 Å². The van der Waals surface area contributed by atoms with Gasteiger partial charge in [0.2, 0.25) is 0 Å². The molecular weight excluding hydrogens is 220 g/mol. The number of rotatable bonds is 7. The van der Waals surface area contributed by atoms with Crippen molar-refractivity contribution in [3.8, 4) is 0 Å². The first-order chi connectivity index (χ1) is 6.10. The van der Waals surface area contributed by atoms with E-state index in [1.807, 2.05) is 0 Å². The van der Waals surface area contributed by atoms with Crippen LogP contribution in [-0.4, -0.2) is 20.4 Å². The first-order valence-electron chi connectivity index (χ1n) is 4.69. The fourth-order valence-corrected chi connectivity index (χ4v) is 5.50. The summed E-state index contributed by atoms with van der Waals surface area (Å²) in [6.07, 6.45) is 2.18. The standard InChI is InChI=1S/C8H20O2S2Si/c1-4-6-13(9-3,7-5-2)10-8(11)12/h8,11-12H,4-7H2,1-3H3. The predicted octanol–water partition coefficient (Wildman–Crippen LogP) is 3.05. The molecule has 0 saturated carbocycles. The lowest BCUT2D eigenvalue weighted by Crippen LogP contribution is -2.41. The number of thiol groups is 2. The summed E-state index contributed by atoms with van der Waals surface area (Å²) >= 11 is 8.26. The third-order valence-corrected chi connectivity index (χ3v) is 6.49. The summed E-state index contributed by atoms with van der Waals surface area (Å²) in [5, 5.41) is 0. The van der Waals surface area contributed by atoms with E-state index < -0.39 is 8.56 Å². The van der Waals surface area contributed by atoms with E-state index in [0.717, 1.165) is 24.9 Å². The minimum Gasteiger partial charge on any atom is -0.398 e. The zero-order valence-corrected chi connectivity index (χ0v) is 11.4. The van der Waals surface area contributed by atoms with Crippen LogP contribution in [0.2, 0.25) is 12.1 Å². The van der Waals surface area contributed by atoms with Crippen molar-refractivity contribution in [1.82, 2.24) is 0 Å². The van der Waals surface area contributed by atoms with E-state index in [-0.39, 0.29) is 4.77 Å². The lowest BCUT2D eigenvalue weighted by molar-refractivity contribution is 0.220. The average Bonchev–Trinajstić information content (AvgIpc) is 2.04. The minimum absolute atomic E-state index is 0.315. The third kappa shape index (κ3) is 5.32. The van der Waals surface area contributed by atoms with Crippen molar-refractivity contribution in [3.63, 3.8) is 0 Å². The van der Waals surface area contributed by atoms with E-state index in [1.165, 1.54) is 0 Å². The van der Waals surface area contributed by atoms with Crippen LogP contribution >= 0.6 is 25.3 Å². The quantitative estimate of drug-likeness (QED) is 0.405. The van der Waals surface area contributed by atoms with Crippen LogP contribution in [0.4, 0.5) is 0 Å². The summed E-state index contributed by atoms with van der Waals surface area (Å²) in [4.78, 5) is 0. The topological polar surface area (TPSA) is 18.5 Å². The molecule has 0 aromatic rings. The van der Waals surface area contributed by atoms with Crippen LogP contribution in [0.25, 0.3) is 0 Å². The van der Waals surface area contributed by atoms with Crippen LogP contribution in [0.5, 0.6) is 0 Å². The summed E-state index contributed by atoms with van der Waals surface area (Å²) in [5.41, 5.74) is 0. The van der Waals surface area contributed by atoms with E-state index in [1.54, 1.807) is 7.11 Å². The van der Waals surface area contributed by atoms with Gasteiger partial charge < -0.3 is 8.85 Å². The van der Waals surface area contributed by atoms with E-state index in [2.05, 4.69) is 39.1 Å². The molecule has 0 aliphatic rings. The smallest absolute Gasteiger partial charge is 0.339 e. The molecule has 0 fully saturated rings. The molecular formula is C8H20O2S2Si. The van der Waals surface area contributed by atoms with Gasteiger partial charge in [0.15, 0.2) is 0 Å². The van der Waals surface area contributed by atoms with Gasteiger partial charge in [-0.05, 0) is 12.1 Å². The summed E-state index contributed by atoms with van der Waals surface area (Å²) in [6, 6.07) is 2.05. The van der Waals surface area contributed by atoms with E-state index >= 15 is 0 Å². The van der Waals surface area contributed by atoms with E-state index in [4.69, 9.17) is 8.85 Å². The highest BCUT2D eigenvalue weighted by Crippen LogP contribution is 2.25. The summed E-state index contributed by atoms with van der Waals surface area (Å²) in [7, 11) is -0.248. The SMILES string of the molecule is CCC[Si](CCC)(OC)OC(S)S. The van der Waals surface area contributed by atoms with Crippen molar-refractivity contribution in [2.24, 2.45) is 0 Å². The second-order valence-electron chi connectivity index (χ2n) is 3.06. The van der Waals surface area contributed by atoms with E-state index in [0.29, 0.717) is 0 Å². The third-order valence-electron chi connectivity index (χ3n) is 1.95. The van der Waals surface area contributed by atoms with Crippen molar-refractivity contribution in [2.75, 3.05) is 7.11 Å². The molecule has 0 aliphatic heterocycles. The van der Waals surface area contributed by atoms with Gasteiger partial charge in [-0.15, -0.1) is 25.3 Å². The molecule has 0 bridgehead atoms. The van der Waals surface area contributed by atoms with Crippen molar-refractivity contribution in [2.45, 2.75) is 43.5 Å². The van der Waals surface area contributed by atoms with Crippen LogP contribution in [0, 0.1) is 0 Å². The largest absolute Gasteiger partial charge is 0.398 e. The van der Waals surface area contributed by atoms with Crippen LogP contribution in [-0.2, 0) is 8.85 Å². The molecule has 0 aliphatic carbocycles. The molecule has 0 heterocycles. The highest BCUT2D eigenvalue weighted by molar-refractivity contribution is 7.98. The highest BCUT2D eigenvalue weighted by atomic mass is 32.2. The minimum atomic E-state index is -1.99. The predicted molar refractivity (Wildman–Crippen MR) is 65.8 cm³/mol. The Labute approximate surface area is 93.5 Å². The zero-order valence-electron chi connectivity index (χ0n) is 8.62. The van der Waals surface area contributed by atoms with Gasteiger partial charge in [0.1, 0.15) is 4.77 Å². The molecule has 0 spiro atoms. The normalized spacial score (nSPS) is 12.5. The Morgan fingerprint density at radius 2 is 1.62 bits per heavy atom. The fourth-order valence-electron chi connectivity index (χ4n) is 1.45. The zero-order chi connectivity index (χ0) is 10.3. The highest BCUT2D eigenvalue weighted by Gasteiger charge is 2.35. The molecule has 0 amide bonds. The van der Waals surface area contributed by atoms with Gasteiger partial charge in [0.05, 0.1) is 0 Å². The molecule has 0 unspecified atom stereocenters. The van der Waals surface area contributed by atoms with Crippen LogP contribution in [0.3, 0.4) is 0 Å². The van der Waals surface area contributed by atoms with Gasteiger partial charge in [0, 0.05) is 7.11 Å². The van der Waals surface area contributed by atoms with Gasteiger partial charge in [-0.3, -0.25) is 0 Å². The molecule has 80 valence electrons. The Hall–Kier alpha value is 0.837. The Bertz CT molecular complexity index is 127. The lowest BCUT2D eigenvalue weighted by atomic mass is 10.6. The summed E-state index contributed by atoms with van der Waals surface area (Å²) < 4.78 is 10.9. The summed E-state index contributed by atoms with van der Waals surface area (Å²) in [6.45, 7) is 4.29. The molecule has 0 aromatic heterocycles. The van der Waals surface area contributed by atoms with Crippen molar-refractivity contribution in [3.05, 3.63) is 0 Å². The molecule has 0 radical (unpaired) electrons. The van der Waals surface area contributed by atoms with Crippen LogP contribution in [0.15, 0.2) is 0 Å². The molecule has 5 heteroatoms. The Morgan fingerprint density at radius 1 is 1.15 bits per heavy atom. The van der Waals surface area contributed by atoms with E-state index in [9.17, 15) is 0 Å². The van der Waals surface area contributed by atoms with Gasteiger partial charge in [-0.1, -0.05) is 26.7 Å². The van der Waals surface area contributed by atoms with Gasteiger partial charge in [-0.25, -0.2) is 0 Å². The molecule has 0 N–H and O–H groups in total. The molecule has 2 nitrogen and oxygen atoms in total. The van der Waals surface area contributed by atoms with Crippen LogP contribution in [0.1, 0.15) is 26.7 Å². The fraction of sp³-hybridized carbons (Fsp3) is 1.00. The van der Waals surface area contributed by atoms with Gasteiger partial charge >= 0.3 is 8.56 Å². The first-order valence-corrected chi connectivity index (χ1v) is 7.95. The average molecular weight is 240 g/mol. The number of hydrogen-bond acceptors (Lipinski definition) is 4.